The minimum Gasteiger partial charge on any atom is -0.369 e. The number of anilines is 1. The zero-order valence-electron chi connectivity index (χ0n) is 10.7. The Morgan fingerprint density at radius 1 is 1.22 bits per heavy atom. The second kappa shape index (κ2) is 6.16. The van der Waals surface area contributed by atoms with Crippen LogP contribution in [0.3, 0.4) is 0 Å². The van der Waals surface area contributed by atoms with Crippen molar-refractivity contribution >= 4 is 17.5 Å². The van der Waals surface area contributed by atoms with Crippen LogP contribution in [0.1, 0.15) is 13.8 Å². The molecule has 1 aromatic carbocycles. The molecule has 2 amide bonds. The maximum absolute atomic E-state index is 11.6. The third-order valence-electron chi connectivity index (χ3n) is 2.58. The summed E-state index contributed by atoms with van der Waals surface area (Å²) in [5, 5.41) is 5.65. The quantitative estimate of drug-likeness (QED) is 0.694. The average molecular weight is 249 g/mol. The van der Waals surface area contributed by atoms with Gasteiger partial charge in [0, 0.05) is 12.2 Å². The molecule has 0 atom stereocenters. The average Bonchev–Trinajstić information content (AvgIpc) is 2.29. The van der Waals surface area contributed by atoms with E-state index in [1.807, 2.05) is 30.3 Å². The van der Waals surface area contributed by atoms with E-state index in [1.165, 1.54) is 0 Å². The second-order valence-electron chi connectivity index (χ2n) is 4.77. The maximum atomic E-state index is 11.6. The molecule has 0 aliphatic carbocycles. The summed E-state index contributed by atoms with van der Waals surface area (Å²) in [6.45, 7) is 3.98. The Morgan fingerprint density at radius 2 is 1.83 bits per heavy atom. The number of carbonyl (C=O) groups is 2. The largest absolute Gasteiger partial charge is 0.369 e. The van der Waals surface area contributed by atoms with Gasteiger partial charge in [-0.15, -0.1) is 0 Å². The van der Waals surface area contributed by atoms with Crippen LogP contribution < -0.4 is 16.4 Å². The van der Waals surface area contributed by atoms with E-state index in [9.17, 15) is 9.59 Å². The standard InChI is InChI=1S/C13H19N3O2/c1-13(2,12(14)18)9-15-8-11(17)16-10-6-4-3-5-7-10/h3-7,15H,8-9H2,1-2H3,(H2,14,18)(H,16,17). The molecular formula is C13H19N3O2. The zero-order chi connectivity index (χ0) is 13.6. The fourth-order valence-corrected chi connectivity index (χ4v) is 1.30. The van der Waals surface area contributed by atoms with Crippen LogP contribution in [0, 0.1) is 5.41 Å². The number of para-hydroxylation sites is 1. The van der Waals surface area contributed by atoms with Gasteiger partial charge in [0.15, 0.2) is 0 Å². The monoisotopic (exact) mass is 249 g/mol. The summed E-state index contributed by atoms with van der Waals surface area (Å²) in [6.07, 6.45) is 0. The minimum atomic E-state index is -0.660. The Hall–Kier alpha value is -1.88. The summed E-state index contributed by atoms with van der Waals surface area (Å²) in [6, 6.07) is 9.19. The predicted octanol–water partition coefficient (Wildman–Crippen LogP) is 0.726. The highest BCUT2D eigenvalue weighted by Crippen LogP contribution is 2.11. The molecule has 4 N–H and O–H groups in total. The number of nitrogens with one attached hydrogen (secondary N) is 2. The van der Waals surface area contributed by atoms with Crippen molar-refractivity contribution in [1.82, 2.24) is 5.32 Å². The van der Waals surface area contributed by atoms with Gasteiger partial charge in [-0.2, -0.15) is 0 Å². The van der Waals surface area contributed by atoms with E-state index in [0.717, 1.165) is 5.69 Å². The molecule has 0 fully saturated rings. The smallest absolute Gasteiger partial charge is 0.238 e. The van der Waals surface area contributed by atoms with Gasteiger partial charge in [0.1, 0.15) is 0 Å². The van der Waals surface area contributed by atoms with Gasteiger partial charge in [-0.25, -0.2) is 0 Å². The highest BCUT2D eigenvalue weighted by Gasteiger charge is 2.24. The molecule has 0 aliphatic rings. The summed E-state index contributed by atoms with van der Waals surface area (Å²) in [5.74, 6) is -0.542. The molecule has 1 aromatic rings. The Morgan fingerprint density at radius 3 is 2.39 bits per heavy atom. The van der Waals surface area contributed by atoms with Crippen molar-refractivity contribution in [3.63, 3.8) is 0 Å². The van der Waals surface area contributed by atoms with Gasteiger partial charge in [-0.1, -0.05) is 18.2 Å². The maximum Gasteiger partial charge on any atom is 0.238 e. The van der Waals surface area contributed by atoms with E-state index in [-0.39, 0.29) is 12.5 Å². The Bertz CT molecular complexity index is 416. The Labute approximate surface area is 107 Å². The molecule has 1 rings (SSSR count). The van der Waals surface area contributed by atoms with Crippen molar-refractivity contribution in [1.29, 1.82) is 0 Å². The number of benzene rings is 1. The first-order chi connectivity index (χ1) is 8.42. The number of hydrogen-bond donors (Lipinski definition) is 3. The van der Waals surface area contributed by atoms with Crippen molar-refractivity contribution in [3.05, 3.63) is 30.3 Å². The lowest BCUT2D eigenvalue weighted by atomic mass is 9.93. The lowest BCUT2D eigenvalue weighted by Gasteiger charge is -2.20. The fourth-order valence-electron chi connectivity index (χ4n) is 1.30. The molecule has 0 radical (unpaired) electrons. The van der Waals surface area contributed by atoms with E-state index in [2.05, 4.69) is 10.6 Å². The first kappa shape index (κ1) is 14.2. The molecule has 0 spiro atoms. The van der Waals surface area contributed by atoms with E-state index in [4.69, 9.17) is 5.73 Å². The highest BCUT2D eigenvalue weighted by molar-refractivity contribution is 5.92. The summed E-state index contributed by atoms with van der Waals surface area (Å²) < 4.78 is 0. The summed E-state index contributed by atoms with van der Waals surface area (Å²) in [5.41, 5.74) is 5.32. The van der Waals surface area contributed by atoms with Crippen LogP contribution >= 0.6 is 0 Å². The molecule has 5 nitrogen and oxygen atoms in total. The van der Waals surface area contributed by atoms with Gasteiger partial charge >= 0.3 is 0 Å². The molecule has 5 heteroatoms. The number of nitrogens with two attached hydrogens (primary N) is 1. The predicted molar refractivity (Wildman–Crippen MR) is 70.9 cm³/mol. The van der Waals surface area contributed by atoms with Crippen LogP contribution in [0.4, 0.5) is 5.69 Å². The third-order valence-corrected chi connectivity index (χ3v) is 2.58. The lowest BCUT2D eigenvalue weighted by molar-refractivity contribution is -0.126. The van der Waals surface area contributed by atoms with Crippen molar-refractivity contribution < 1.29 is 9.59 Å². The van der Waals surface area contributed by atoms with Crippen molar-refractivity contribution in [2.24, 2.45) is 11.1 Å². The van der Waals surface area contributed by atoms with Crippen LogP contribution in [0.15, 0.2) is 30.3 Å². The zero-order valence-corrected chi connectivity index (χ0v) is 10.7. The molecule has 98 valence electrons. The summed E-state index contributed by atoms with van der Waals surface area (Å²) in [7, 11) is 0. The molecular weight excluding hydrogens is 230 g/mol. The first-order valence-corrected chi connectivity index (χ1v) is 5.77. The van der Waals surface area contributed by atoms with Crippen LogP contribution in [0.25, 0.3) is 0 Å². The number of primary amides is 1. The van der Waals surface area contributed by atoms with Crippen LogP contribution in [0.5, 0.6) is 0 Å². The van der Waals surface area contributed by atoms with Crippen LogP contribution in [-0.4, -0.2) is 24.9 Å². The minimum absolute atomic E-state index is 0.144. The van der Waals surface area contributed by atoms with Crippen molar-refractivity contribution in [2.75, 3.05) is 18.4 Å². The van der Waals surface area contributed by atoms with Gasteiger partial charge in [0.05, 0.1) is 12.0 Å². The molecule has 0 bridgehead atoms. The number of carbonyl (C=O) groups excluding carboxylic acids is 2. The van der Waals surface area contributed by atoms with Crippen molar-refractivity contribution in [2.45, 2.75) is 13.8 Å². The second-order valence-corrected chi connectivity index (χ2v) is 4.77. The van der Waals surface area contributed by atoms with Gasteiger partial charge in [-0.05, 0) is 26.0 Å². The highest BCUT2D eigenvalue weighted by atomic mass is 16.2. The third kappa shape index (κ3) is 4.55. The summed E-state index contributed by atoms with van der Waals surface area (Å²) >= 11 is 0. The molecule has 0 heterocycles. The van der Waals surface area contributed by atoms with Gasteiger partial charge in [0.2, 0.25) is 11.8 Å². The van der Waals surface area contributed by atoms with Gasteiger partial charge in [0.25, 0.3) is 0 Å². The number of amides is 2. The molecule has 0 saturated heterocycles. The normalized spacial score (nSPS) is 11.0. The molecule has 0 unspecified atom stereocenters. The molecule has 0 aliphatic heterocycles. The molecule has 0 aromatic heterocycles. The van der Waals surface area contributed by atoms with E-state index < -0.39 is 11.3 Å². The summed E-state index contributed by atoms with van der Waals surface area (Å²) in [4.78, 5) is 22.6. The number of rotatable bonds is 6. The van der Waals surface area contributed by atoms with Crippen LogP contribution in [-0.2, 0) is 9.59 Å². The molecule has 0 saturated carbocycles. The fraction of sp³-hybridized carbons (Fsp3) is 0.385. The van der Waals surface area contributed by atoms with Crippen LogP contribution in [0.2, 0.25) is 0 Å². The van der Waals surface area contributed by atoms with E-state index in [1.54, 1.807) is 13.8 Å². The molecule has 18 heavy (non-hydrogen) atoms. The van der Waals surface area contributed by atoms with Gasteiger partial charge in [-0.3, -0.25) is 9.59 Å². The van der Waals surface area contributed by atoms with Gasteiger partial charge < -0.3 is 16.4 Å². The SMILES string of the molecule is CC(C)(CNCC(=O)Nc1ccccc1)C(N)=O. The Kier molecular flexibility index (Phi) is 4.85. The Balaban J connectivity index is 2.32. The van der Waals surface area contributed by atoms with E-state index in [0.29, 0.717) is 6.54 Å². The lowest BCUT2D eigenvalue weighted by Crippen LogP contribution is -2.42. The first-order valence-electron chi connectivity index (χ1n) is 5.77. The number of hydrogen-bond acceptors (Lipinski definition) is 3. The topological polar surface area (TPSA) is 84.2 Å². The van der Waals surface area contributed by atoms with E-state index >= 15 is 0 Å². The van der Waals surface area contributed by atoms with Crippen molar-refractivity contribution in [3.8, 4) is 0 Å².